The summed E-state index contributed by atoms with van der Waals surface area (Å²) in [6, 6.07) is -0.916. The van der Waals surface area contributed by atoms with E-state index in [1.54, 1.807) is 0 Å². The number of carboxylic acid groups (broad SMARTS) is 1. The Morgan fingerprint density at radius 3 is 2.45 bits per heavy atom. The summed E-state index contributed by atoms with van der Waals surface area (Å²) in [6.07, 6.45) is 2.53. The molecule has 0 aromatic heterocycles. The molecule has 4 nitrogen and oxygen atoms in total. The predicted octanol–water partition coefficient (Wildman–Crippen LogP) is -0.297. The molecule has 0 amide bonds. The maximum absolute atomic E-state index is 10.3. The van der Waals surface area contributed by atoms with Gasteiger partial charge in [-0.15, -0.1) is 0 Å². The zero-order chi connectivity index (χ0) is 8.48. The van der Waals surface area contributed by atoms with Gasteiger partial charge in [-0.05, 0) is 19.3 Å². The third-order valence-corrected chi connectivity index (χ3v) is 2.20. The van der Waals surface area contributed by atoms with Crippen molar-refractivity contribution in [3.8, 4) is 0 Å². The highest BCUT2D eigenvalue weighted by Crippen LogP contribution is 2.35. The Morgan fingerprint density at radius 1 is 1.64 bits per heavy atom. The Morgan fingerprint density at radius 2 is 2.18 bits per heavy atom. The molecular weight excluding hydrogens is 146 g/mol. The predicted molar refractivity (Wildman–Crippen MR) is 39.0 cm³/mol. The summed E-state index contributed by atoms with van der Waals surface area (Å²) in [7, 11) is 0. The van der Waals surface area contributed by atoms with Crippen molar-refractivity contribution in [3.05, 3.63) is 0 Å². The van der Waals surface area contributed by atoms with Crippen molar-refractivity contribution in [1.82, 2.24) is 0 Å². The van der Waals surface area contributed by atoms with Gasteiger partial charge in [-0.1, -0.05) is 0 Å². The van der Waals surface area contributed by atoms with E-state index in [0.29, 0.717) is 12.8 Å². The molecule has 0 spiro atoms. The monoisotopic (exact) mass is 159 g/mol. The van der Waals surface area contributed by atoms with Gasteiger partial charge in [0.1, 0.15) is 6.04 Å². The van der Waals surface area contributed by atoms with E-state index in [0.717, 1.165) is 6.42 Å². The lowest BCUT2D eigenvalue weighted by Gasteiger charge is -2.37. The second-order valence-corrected chi connectivity index (χ2v) is 3.23. The highest BCUT2D eigenvalue weighted by molar-refractivity contribution is 5.73. The molecule has 0 unspecified atom stereocenters. The van der Waals surface area contributed by atoms with Crippen molar-refractivity contribution in [3.63, 3.8) is 0 Å². The standard InChI is InChI=1S/C7H13NO3/c8-5(6(9)10)4-7(11)2-1-3-7/h5,11H,1-4,8H2,(H,9,10)/t5-/m0/s1. The van der Waals surface area contributed by atoms with E-state index in [-0.39, 0.29) is 6.42 Å². The first-order valence-corrected chi connectivity index (χ1v) is 3.74. The zero-order valence-electron chi connectivity index (χ0n) is 6.29. The Hall–Kier alpha value is -0.610. The van der Waals surface area contributed by atoms with Crippen molar-refractivity contribution in [2.45, 2.75) is 37.3 Å². The van der Waals surface area contributed by atoms with E-state index >= 15 is 0 Å². The van der Waals surface area contributed by atoms with Gasteiger partial charge in [0.2, 0.25) is 0 Å². The smallest absolute Gasteiger partial charge is 0.320 e. The second kappa shape index (κ2) is 2.79. The van der Waals surface area contributed by atoms with Crippen LogP contribution in [0.4, 0.5) is 0 Å². The lowest BCUT2D eigenvalue weighted by atomic mass is 9.76. The quantitative estimate of drug-likeness (QED) is 0.528. The number of rotatable bonds is 3. The molecule has 0 aromatic carbocycles. The van der Waals surface area contributed by atoms with Crippen molar-refractivity contribution < 1.29 is 15.0 Å². The topological polar surface area (TPSA) is 83.5 Å². The average molecular weight is 159 g/mol. The Balaban J connectivity index is 2.35. The van der Waals surface area contributed by atoms with Crippen LogP contribution in [-0.4, -0.2) is 27.8 Å². The molecule has 11 heavy (non-hydrogen) atoms. The lowest BCUT2D eigenvalue weighted by Crippen LogP contribution is -2.45. The van der Waals surface area contributed by atoms with E-state index in [9.17, 15) is 9.90 Å². The van der Waals surface area contributed by atoms with Gasteiger partial charge >= 0.3 is 5.97 Å². The first-order valence-electron chi connectivity index (χ1n) is 3.74. The van der Waals surface area contributed by atoms with E-state index in [1.807, 2.05) is 0 Å². The molecule has 0 radical (unpaired) electrons. The van der Waals surface area contributed by atoms with Crippen LogP contribution in [0, 0.1) is 0 Å². The molecule has 0 aromatic rings. The number of carboxylic acids is 1. The normalized spacial score (nSPS) is 23.8. The molecule has 1 fully saturated rings. The molecule has 64 valence electrons. The molecule has 4 heteroatoms. The Bertz CT molecular complexity index is 165. The molecule has 0 heterocycles. The third kappa shape index (κ3) is 1.91. The minimum atomic E-state index is -1.04. The lowest BCUT2D eigenvalue weighted by molar-refractivity contribution is -0.141. The van der Waals surface area contributed by atoms with E-state index in [4.69, 9.17) is 10.8 Å². The van der Waals surface area contributed by atoms with Crippen molar-refractivity contribution >= 4 is 5.97 Å². The fourth-order valence-electron chi connectivity index (χ4n) is 1.29. The maximum atomic E-state index is 10.3. The van der Waals surface area contributed by atoms with Crippen LogP contribution in [0.15, 0.2) is 0 Å². The fourth-order valence-corrected chi connectivity index (χ4v) is 1.29. The number of hydrogen-bond donors (Lipinski definition) is 3. The molecule has 0 bridgehead atoms. The molecule has 1 rings (SSSR count). The van der Waals surface area contributed by atoms with Gasteiger partial charge in [-0.3, -0.25) is 4.79 Å². The van der Waals surface area contributed by atoms with Crippen LogP contribution in [0.25, 0.3) is 0 Å². The number of aliphatic hydroxyl groups is 1. The minimum Gasteiger partial charge on any atom is -0.480 e. The van der Waals surface area contributed by atoms with Crippen LogP contribution >= 0.6 is 0 Å². The summed E-state index contributed by atoms with van der Waals surface area (Å²) in [4.78, 5) is 10.3. The van der Waals surface area contributed by atoms with Crippen LogP contribution in [0.3, 0.4) is 0 Å². The zero-order valence-corrected chi connectivity index (χ0v) is 6.29. The molecule has 0 saturated heterocycles. The van der Waals surface area contributed by atoms with Crippen LogP contribution < -0.4 is 5.73 Å². The summed E-state index contributed by atoms with van der Waals surface area (Å²) in [5.41, 5.74) is 4.47. The van der Waals surface area contributed by atoms with E-state index < -0.39 is 17.6 Å². The maximum Gasteiger partial charge on any atom is 0.320 e. The summed E-state index contributed by atoms with van der Waals surface area (Å²) < 4.78 is 0. The number of aliphatic carboxylic acids is 1. The molecule has 0 aliphatic heterocycles. The van der Waals surface area contributed by atoms with E-state index in [2.05, 4.69) is 0 Å². The largest absolute Gasteiger partial charge is 0.480 e. The highest BCUT2D eigenvalue weighted by Gasteiger charge is 2.37. The van der Waals surface area contributed by atoms with Crippen LogP contribution in [-0.2, 0) is 4.79 Å². The SMILES string of the molecule is N[C@@H](CC1(O)CCC1)C(=O)O. The van der Waals surface area contributed by atoms with Gasteiger partial charge in [0.25, 0.3) is 0 Å². The summed E-state index contributed by atoms with van der Waals surface area (Å²) in [6.45, 7) is 0. The number of hydrogen-bond acceptors (Lipinski definition) is 3. The van der Waals surface area contributed by atoms with Crippen molar-refractivity contribution in [2.24, 2.45) is 5.73 Å². The van der Waals surface area contributed by atoms with Crippen LogP contribution in [0.5, 0.6) is 0 Å². The summed E-state index contributed by atoms with van der Waals surface area (Å²) in [5.74, 6) is -1.04. The number of nitrogens with two attached hydrogens (primary N) is 1. The van der Waals surface area contributed by atoms with Gasteiger partial charge < -0.3 is 15.9 Å². The molecule has 1 saturated carbocycles. The first-order chi connectivity index (χ1) is 5.03. The van der Waals surface area contributed by atoms with Gasteiger partial charge in [0, 0.05) is 6.42 Å². The molecule has 1 aliphatic rings. The average Bonchev–Trinajstić information content (AvgIpc) is 1.84. The van der Waals surface area contributed by atoms with Crippen LogP contribution in [0.2, 0.25) is 0 Å². The van der Waals surface area contributed by atoms with Gasteiger partial charge in [0.05, 0.1) is 5.60 Å². The highest BCUT2D eigenvalue weighted by atomic mass is 16.4. The Labute approximate surface area is 65.0 Å². The van der Waals surface area contributed by atoms with Crippen molar-refractivity contribution in [2.75, 3.05) is 0 Å². The Kier molecular flexibility index (Phi) is 2.15. The third-order valence-electron chi connectivity index (χ3n) is 2.20. The van der Waals surface area contributed by atoms with Gasteiger partial charge in [-0.2, -0.15) is 0 Å². The van der Waals surface area contributed by atoms with Crippen LogP contribution in [0.1, 0.15) is 25.7 Å². The molecule has 1 atom stereocenters. The van der Waals surface area contributed by atoms with Gasteiger partial charge in [0.15, 0.2) is 0 Å². The number of carbonyl (C=O) groups is 1. The van der Waals surface area contributed by atoms with Crippen molar-refractivity contribution in [1.29, 1.82) is 0 Å². The molecule has 4 N–H and O–H groups in total. The van der Waals surface area contributed by atoms with Gasteiger partial charge in [-0.25, -0.2) is 0 Å². The first kappa shape index (κ1) is 8.49. The fraction of sp³-hybridized carbons (Fsp3) is 0.857. The molecular formula is C7H13NO3. The minimum absolute atomic E-state index is 0.183. The second-order valence-electron chi connectivity index (χ2n) is 3.23. The van der Waals surface area contributed by atoms with E-state index in [1.165, 1.54) is 0 Å². The summed E-state index contributed by atoms with van der Waals surface area (Å²) >= 11 is 0. The summed E-state index contributed by atoms with van der Waals surface area (Å²) in [5, 5.41) is 17.9. The molecule has 1 aliphatic carbocycles.